The van der Waals surface area contributed by atoms with Gasteiger partial charge in [0.25, 0.3) is 0 Å². The number of benzene rings is 2. The van der Waals surface area contributed by atoms with Crippen molar-refractivity contribution in [1.82, 2.24) is 14.8 Å². The Bertz CT molecular complexity index is 964. The summed E-state index contributed by atoms with van der Waals surface area (Å²) < 4.78 is 7.56. The average Bonchev–Trinajstić information content (AvgIpc) is 2.98. The molecule has 0 N–H and O–H groups in total. The quantitative estimate of drug-likeness (QED) is 0.526. The highest BCUT2D eigenvalue weighted by molar-refractivity contribution is 8.14. The third-order valence-corrected chi connectivity index (χ3v) is 5.77. The molecule has 0 aliphatic rings. The smallest absolute Gasteiger partial charge is 0.227 e. The van der Waals surface area contributed by atoms with E-state index in [0.717, 1.165) is 27.9 Å². The summed E-state index contributed by atoms with van der Waals surface area (Å²) in [5.74, 6) is 1.33. The second-order valence-electron chi connectivity index (χ2n) is 6.01. The average molecular weight is 422 g/mol. The van der Waals surface area contributed by atoms with Crippen molar-refractivity contribution in [2.45, 2.75) is 25.6 Å². The van der Waals surface area contributed by atoms with Crippen molar-refractivity contribution in [2.24, 2.45) is 7.05 Å². The number of rotatable bonds is 5. The first-order valence-electron chi connectivity index (χ1n) is 8.10. The minimum absolute atomic E-state index is 0.126. The largest absolute Gasteiger partial charge is 0.486 e. The third kappa shape index (κ3) is 4.64. The topological polar surface area (TPSA) is 57.0 Å². The van der Waals surface area contributed by atoms with E-state index in [-0.39, 0.29) is 11.7 Å². The standard InChI is InChI=1S/C19H17Cl2N3O2S/c1-11-8-15(9-12(2)17(11)21)26-10-16-22-23-19(24(16)3)27-18(25)13-4-6-14(20)7-5-13/h4-9H,10H2,1-3H3. The lowest BCUT2D eigenvalue weighted by Crippen LogP contribution is -2.05. The Kier molecular flexibility index (Phi) is 6.09. The minimum Gasteiger partial charge on any atom is -0.486 e. The lowest BCUT2D eigenvalue weighted by molar-refractivity contribution is 0.108. The highest BCUT2D eigenvalue weighted by atomic mass is 35.5. The van der Waals surface area contributed by atoms with Crippen LogP contribution in [0.4, 0.5) is 0 Å². The highest BCUT2D eigenvalue weighted by Gasteiger charge is 2.16. The molecule has 1 heterocycles. The van der Waals surface area contributed by atoms with Crippen LogP contribution < -0.4 is 4.74 Å². The Balaban J connectivity index is 1.68. The van der Waals surface area contributed by atoms with E-state index in [4.69, 9.17) is 27.9 Å². The van der Waals surface area contributed by atoms with Crippen LogP contribution in [0.5, 0.6) is 5.75 Å². The Hall–Kier alpha value is -2.02. The van der Waals surface area contributed by atoms with Gasteiger partial charge in [-0.2, -0.15) is 0 Å². The second-order valence-corrected chi connectivity index (χ2v) is 7.77. The van der Waals surface area contributed by atoms with Crippen LogP contribution in [0.15, 0.2) is 41.6 Å². The molecule has 0 unspecified atom stereocenters. The highest BCUT2D eigenvalue weighted by Crippen LogP contribution is 2.27. The zero-order valence-corrected chi connectivity index (χ0v) is 17.3. The van der Waals surface area contributed by atoms with Gasteiger partial charge in [-0.25, -0.2) is 0 Å². The van der Waals surface area contributed by atoms with Gasteiger partial charge in [-0.3, -0.25) is 4.79 Å². The number of carbonyl (C=O) groups is 1. The molecular weight excluding hydrogens is 405 g/mol. The molecule has 0 saturated heterocycles. The van der Waals surface area contributed by atoms with Crippen LogP contribution in [-0.2, 0) is 13.7 Å². The molecule has 0 atom stereocenters. The molecule has 0 aliphatic carbocycles. The summed E-state index contributed by atoms with van der Waals surface area (Å²) in [5, 5.41) is 9.90. The van der Waals surface area contributed by atoms with Gasteiger partial charge in [-0.15, -0.1) is 10.2 Å². The number of aromatic nitrogens is 3. The van der Waals surface area contributed by atoms with Crippen LogP contribution in [0.1, 0.15) is 27.3 Å². The van der Waals surface area contributed by atoms with E-state index in [1.54, 1.807) is 35.9 Å². The Morgan fingerprint density at radius 3 is 2.37 bits per heavy atom. The van der Waals surface area contributed by atoms with Gasteiger partial charge in [0.2, 0.25) is 5.12 Å². The maximum Gasteiger partial charge on any atom is 0.227 e. The molecule has 5 nitrogen and oxygen atoms in total. The minimum atomic E-state index is -0.126. The number of hydrogen-bond donors (Lipinski definition) is 0. The molecule has 0 saturated carbocycles. The molecule has 1 aromatic heterocycles. The lowest BCUT2D eigenvalue weighted by Gasteiger charge is -2.10. The lowest BCUT2D eigenvalue weighted by atomic mass is 10.1. The third-order valence-electron chi connectivity index (χ3n) is 3.97. The van der Waals surface area contributed by atoms with E-state index in [0.29, 0.717) is 27.3 Å². The van der Waals surface area contributed by atoms with Gasteiger partial charge in [-0.05, 0) is 73.1 Å². The van der Waals surface area contributed by atoms with E-state index in [2.05, 4.69) is 10.2 Å². The predicted octanol–water partition coefficient (Wildman–Crippen LogP) is 5.25. The SMILES string of the molecule is Cc1cc(OCc2nnc(SC(=O)c3ccc(Cl)cc3)n2C)cc(C)c1Cl. The van der Waals surface area contributed by atoms with Crippen molar-refractivity contribution in [3.05, 3.63) is 69.0 Å². The molecule has 0 fully saturated rings. The van der Waals surface area contributed by atoms with Crippen molar-refractivity contribution in [3.8, 4) is 5.75 Å². The van der Waals surface area contributed by atoms with Crippen LogP contribution in [0.3, 0.4) is 0 Å². The molecule has 0 aliphatic heterocycles. The normalized spacial score (nSPS) is 10.9. The first-order chi connectivity index (χ1) is 12.8. The molecule has 8 heteroatoms. The van der Waals surface area contributed by atoms with Gasteiger partial charge in [0.15, 0.2) is 11.0 Å². The summed E-state index contributed by atoms with van der Waals surface area (Å²) in [5.41, 5.74) is 2.46. The van der Waals surface area contributed by atoms with E-state index < -0.39 is 0 Å². The number of carbonyl (C=O) groups excluding carboxylic acids is 1. The van der Waals surface area contributed by atoms with Gasteiger partial charge in [0.1, 0.15) is 12.4 Å². The molecular formula is C19H17Cl2N3O2S. The molecule has 0 spiro atoms. The van der Waals surface area contributed by atoms with Crippen LogP contribution in [-0.4, -0.2) is 19.9 Å². The van der Waals surface area contributed by atoms with Crippen molar-refractivity contribution in [1.29, 1.82) is 0 Å². The van der Waals surface area contributed by atoms with Crippen molar-refractivity contribution < 1.29 is 9.53 Å². The van der Waals surface area contributed by atoms with Crippen molar-refractivity contribution in [3.63, 3.8) is 0 Å². The molecule has 0 radical (unpaired) electrons. The molecule has 27 heavy (non-hydrogen) atoms. The Morgan fingerprint density at radius 2 is 1.74 bits per heavy atom. The van der Waals surface area contributed by atoms with Crippen LogP contribution >= 0.6 is 35.0 Å². The number of ether oxygens (including phenoxy) is 1. The Labute approximate surface area is 171 Å². The number of halogens is 2. The molecule has 3 rings (SSSR count). The fourth-order valence-electron chi connectivity index (χ4n) is 2.42. The summed E-state index contributed by atoms with van der Waals surface area (Å²) in [7, 11) is 1.80. The summed E-state index contributed by atoms with van der Waals surface area (Å²) in [6, 6.07) is 10.5. The number of nitrogens with zero attached hydrogens (tertiary/aromatic N) is 3. The van der Waals surface area contributed by atoms with Crippen LogP contribution in [0.25, 0.3) is 0 Å². The van der Waals surface area contributed by atoms with E-state index in [9.17, 15) is 4.79 Å². The zero-order chi connectivity index (χ0) is 19.6. The molecule has 0 bridgehead atoms. The zero-order valence-electron chi connectivity index (χ0n) is 15.0. The summed E-state index contributed by atoms with van der Waals surface area (Å²) >= 11 is 13.0. The van der Waals surface area contributed by atoms with Crippen molar-refractivity contribution in [2.75, 3.05) is 0 Å². The van der Waals surface area contributed by atoms with Gasteiger partial charge in [0, 0.05) is 22.7 Å². The van der Waals surface area contributed by atoms with E-state index in [1.165, 1.54) is 0 Å². The van der Waals surface area contributed by atoms with E-state index >= 15 is 0 Å². The fourth-order valence-corrected chi connectivity index (χ4v) is 3.40. The maximum atomic E-state index is 12.4. The number of aryl methyl sites for hydroxylation is 2. The number of hydrogen-bond acceptors (Lipinski definition) is 5. The second kappa shape index (κ2) is 8.33. The summed E-state index contributed by atoms with van der Waals surface area (Å²) in [6.07, 6.45) is 0. The maximum absolute atomic E-state index is 12.4. The van der Waals surface area contributed by atoms with Crippen LogP contribution in [0, 0.1) is 13.8 Å². The molecule has 0 amide bonds. The first kappa shape index (κ1) is 19.7. The molecule has 140 valence electrons. The van der Waals surface area contributed by atoms with E-state index in [1.807, 2.05) is 26.0 Å². The van der Waals surface area contributed by atoms with Gasteiger partial charge >= 0.3 is 0 Å². The van der Waals surface area contributed by atoms with Crippen LogP contribution in [0.2, 0.25) is 10.0 Å². The van der Waals surface area contributed by atoms with Gasteiger partial charge in [-0.1, -0.05) is 23.2 Å². The Morgan fingerprint density at radius 1 is 1.11 bits per heavy atom. The molecule has 2 aromatic carbocycles. The summed E-state index contributed by atoms with van der Waals surface area (Å²) in [4.78, 5) is 12.4. The summed E-state index contributed by atoms with van der Waals surface area (Å²) in [6.45, 7) is 4.10. The molecule has 3 aromatic rings. The van der Waals surface area contributed by atoms with Gasteiger partial charge < -0.3 is 9.30 Å². The van der Waals surface area contributed by atoms with Gasteiger partial charge in [0.05, 0.1) is 0 Å². The monoisotopic (exact) mass is 421 g/mol. The number of thioether (sulfide) groups is 1. The predicted molar refractivity (Wildman–Crippen MR) is 108 cm³/mol. The fraction of sp³-hybridized carbons (Fsp3) is 0.211. The first-order valence-corrected chi connectivity index (χ1v) is 9.68. The van der Waals surface area contributed by atoms with Crippen molar-refractivity contribution >= 4 is 40.1 Å².